The van der Waals surface area contributed by atoms with E-state index in [1.807, 2.05) is 13.0 Å². The molecule has 0 unspecified atom stereocenters. The summed E-state index contributed by atoms with van der Waals surface area (Å²) in [6.45, 7) is 2.35. The molecule has 2 nitrogen and oxygen atoms in total. The Morgan fingerprint density at radius 2 is 1.32 bits per heavy atom. The van der Waals surface area contributed by atoms with Crippen LogP contribution in [0.1, 0.15) is 82.7 Å². The van der Waals surface area contributed by atoms with Gasteiger partial charge in [-0.3, -0.25) is 0 Å². The average molecular weight is 346 g/mol. The lowest BCUT2D eigenvalue weighted by Crippen LogP contribution is -2.26. The van der Waals surface area contributed by atoms with Gasteiger partial charge in [0.1, 0.15) is 0 Å². The second-order valence-electron chi connectivity index (χ2n) is 8.58. The molecule has 3 aliphatic carbocycles. The van der Waals surface area contributed by atoms with Crippen LogP contribution >= 0.6 is 0 Å². The zero-order valence-electron chi connectivity index (χ0n) is 15.6. The van der Waals surface area contributed by atoms with Gasteiger partial charge in [0.15, 0.2) is 5.75 Å². The summed E-state index contributed by atoms with van der Waals surface area (Å²) in [5, 5.41) is 0. The number of aromatic nitrogens is 1. The largest absolute Gasteiger partial charge is 0.489 e. The summed E-state index contributed by atoms with van der Waals surface area (Å²) in [6, 6.07) is 3.73. The van der Waals surface area contributed by atoms with Crippen molar-refractivity contribution in [3.63, 3.8) is 0 Å². The highest BCUT2D eigenvalue weighted by molar-refractivity contribution is 5.23. The third-order valence-corrected chi connectivity index (χ3v) is 7.10. The number of halogens is 1. The number of pyridine rings is 1. The molecule has 1 heterocycles. The Hall–Kier alpha value is -1.12. The van der Waals surface area contributed by atoms with Crippen LogP contribution in [0.3, 0.4) is 0 Å². The number of ether oxygens (including phenoxy) is 1. The number of rotatable bonds is 5. The maximum Gasteiger partial charge on any atom is 0.255 e. The van der Waals surface area contributed by atoms with Gasteiger partial charge in [-0.1, -0.05) is 0 Å². The summed E-state index contributed by atoms with van der Waals surface area (Å²) in [4.78, 5) is 4.20. The van der Waals surface area contributed by atoms with Gasteiger partial charge in [-0.05, 0) is 107 Å². The first-order valence-electron chi connectivity index (χ1n) is 10.5. The molecular formula is C22H32FNO. The molecule has 0 spiro atoms. The predicted octanol–water partition coefficient (Wildman–Crippen LogP) is 6.11. The number of hydrogen-bond donors (Lipinski definition) is 0. The van der Waals surface area contributed by atoms with Gasteiger partial charge in [0.05, 0.1) is 6.61 Å². The lowest BCUT2D eigenvalue weighted by atomic mass is 9.68. The molecule has 0 atom stereocenters. The van der Waals surface area contributed by atoms with E-state index in [4.69, 9.17) is 4.74 Å². The fraction of sp³-hybridized carbons (Fsp3) is 0.773. The second-order valence-corrected chi connectivity index (χ2v) is 8.58. The van der Waals surface area contributed by atoms with E-state index in [-0.39, 0.29) is 5.75 Å². The standard InChI is InChI=1S/C22H32FNO/c1-2-25-21-14-13-20(24-22(21)23)19-11-9-18(10-12-19)17-7-5-16(6-8-17)15-3-4-15/h13-19H,2-12H2,1H3. The molecule has 0 N–H and O–H groups in total. The van der Waals surface area contributed by atoms with Crippen molar-refractivity contribution in [1.82, 2.24) is 4.98 Å². The third-order valence-electron chi connectivity index (χ3n) is 7.10. The van der Waals surface area contributed by atoms with E-state index in [9.17, 15) is 4.39 Å². The molecular weight excluding hydrogens is 313 g/mol. The van der Waals surface area contributed by atoms with Crippen LogP contribution in [0.15, 0.2) is 12.1 Å². The van der Waals surface area contributed by atoms with E-state index in [2.05, 4.69) is 4.98 Å². The molecule has 25 heavy (non-hydrogen) atoms. The second kappa shape index (κ2) is 7.63. The average Bonchev–Trinajstić information content (AvgIpc) is 3.49. The third kappa shape index (κ3) is 4.01. The Bertz CT molecular complexity index is 569. The molecule has 0 aromatic carbocycles. The Morgan fingerprint density at radius 1 is 0.840 bits per heavy atom. The van der Waals surface area contributed by atoms with Crippen LogP contribution in [0.25, 0.3) is 0 Å². The molecule has 0 radical (unpaired) electrons. The first-order valence-corrected chi connectivity index (χ1v) is 10.5. The van der Waals surface area contributed by atoms with Crippen molar-refractivity contribution < 1.29 is 9.13 Å². The number of nitrogens with zero attached hydrogens (tertiary/aromatic N) is 1. The van der Waals surface area contributed by atoms with Gasteiger partial charge in [-0.25, -0.2) is 4.98 Å². The molecule has 0 bridgehead atoms. The molecule has 3 fully saturated rings. The topological polar surface area (TPSA) is 22.1 Å². The van der Waals surface area contributed by atoms with E-state index in [0.717, 1.165) is 29.4 Å². The van der Waals surface area contributed by atoms with Gasteiger partial charge in [-0.2, -0.15) is 4.39 Å². The molecule has 3 saturated carbocycles. The van der Waals surface area contributed by atoms with Crippen molar-refractivity contribution in [2.45, 2.75) is 77.0 Å². The Labute approximate surface area is 151 Å². The smallest absolute Gasteiger partial charge is 0.255 e. The lowest BCUT2D eigenvalue weighted by molar-refractivity contribution is 0.152. The first kappa shape index (κ1) is 17.3. The summed E-state index contributed by atoms with van der Waals surface area (Å²) >= 11 is 0. The van der Waals surface area contributed by atoms with Crippen LogP contribution in [-0.4, -0.2) is 11.6 Å². The van der Waals surface area contributed by atoms with Gasteiger partial charge in [0.2, 0.25) is 0 Å². The summed E-state index contributed by atoms with van der Waals surface area (Å²) in [5.74, 6) is 4.29. The maximum absolute atomic E-state index is 14.0. The van der Waals surface area contributed by atoms with E-state index >= 15 is 0 Å². The summed E-state index contributed by atoms with van der Waals surface area (Å²) in [7, 11) is 0. The van der Waals surface area contributed by atoms with Crippen molar-refractivity contribution >= 4 is 0 Å². The molecule has 0 aliphatic heterocycles. The molecule has 1 aromatic rings. The number of hydrogen-bond acceptors (Lipinski definition) is 2. The summed E-state index contributed by atoms with van der Waals surface area (Å²) < 4.78 is 19.3. The van der Waals surface area contributed by atoms with Gasteiger partial charge in [-0.15, -0.1) is 0 Å². The summed E-state index contributed by atoms with van der Waals surface area (Å²) in [5.41, 5.74) is 0.928. The van der Waals surface area contributed by atoms with Gasteiger partial charge in [0, 0.05) is 11.6 Å². The minimum atomic E-state index is -0.445. The van der Waals surface area contributed by atoms with Crippen molar-refractivity contribution in [2.75, 3.05) is 6.61 Å². The normalized spacial score (nSPS) is 33.2. The van der Waals surface area contributed by atoms with E-state index in [1.165, 1.54) is 64.2 Å². The monoisotopic (exact) mass is 345 g/mol. The highest BCUT2D eigenvalue weighted by Gasteiger charge is 2.37. The lowest BCUT2D eigenvalue weighted by Gasteiger charge is -2.38. The van der Waals surface area contributed by atoms with Crippen LogP contribution in [-0.2, 0) is 0 Å². The zero-order chi connectivity index (χ0) is 17.2. The van der Waals surface area contributed by atoms with E-state index in [0.29, 0.717) is 12.5 Å². The van der Waals surface area contributed by atoms with Crippen LogP contribution < -0.4 is 4.74 Å². The van der Waals surface area contributed by atoms with Crippen molar-refractivity contribution in [2.24, 2.45) is 23.7 Å². The van der Waals surface area contributed by atoms with Crippen molar-refractivity contribution in [3.8, 4) is 5.75 Å². The fourth-order valence-electron chi connectivity index (χ4n) is 5.47. The van der Waals surface area contributed by atoms with Crippen LogP contribution in [0.4, 0.5) is 4.39 Å². The minimum absolute atomic E-state index is 0.285. The van der Waals surface area contributed by atoms with Gasteiger partial charge >= 0.3 is 0 Å². The van der Waals surface area contributed by atoms with Crippen LogP contribution in [0, 0.1) is 29.6 Å². The molecule has 3 heteroatoms. The van der Waals surface area contributed by atoms with Crippen LogP contribution in [0.5, 0.6) is 5.75 Å². The molecule has 0 saturated heterocycles. The Balaban J connectivity index is 1.28. The van der Waals surface area contributed by atoms with Crippen molar-refractivity contribution in [3.05, 3.63) is 23.8 Å². The Morgan fingerprint density at radius 3 is 1.76 bits per heavy atom. The molecule has 0 amide bonds. The fourth-order valence-corrected chi connectivity index (χ4v) is 5.47. The molecule has 3 aliphatic rings. The van der Waals surface area contributed by atoms with Crippen molar-refractivity contribution in [1.29, 1.82) is 0 Å². The highest BCUT2D eigenvalue weighted by atomic mass is 19.1. The highest BCUT2D eigenvalue weighted by Crippen LogP contribution is 2.49. The quantitative estimate of drug-likeness (QED) is 0.601. The predicted molar refractivity (Wildman–Crippen MR) is 98.2 cm³/mol. The van der Waals surface area contributed by atoms with E-state index in [1.54, 1.807) is 6.07 Å². The zero-order valence-corrected chi connectivity index (χ0v) is 15.6. The molecule has 138 valence electrons. The van der Waals surface area contributed by atoms with Gasteiger partial charge < -0.3 is 4.74 Å². The Kier molecular flexibility index (Phi) is 5.28. The maximum atomic E-state index is 14.0. The summed E-state index contributed by atoms with van der Waals surface area (Å²) in [6.07, 6.45) is 13.9. The SMILES string of the molecule is CCOc1ccc(C2CCC(C3CCC(C4CC4)CC3)CC2)nc1F. The molecule has 1 aromatic heterocycles. The molecule has 4 rings (SSSR count). The minimum Gasteiger partial charge on any atom is -0.489 e. The van der Waals surface area contributed by atoms with Crippen LogP contribution in [0.2, 0.25) is 0 Å². The van der Waals surface area contributed by atoms with Gasteiger partial charge in [0.25, 0.3) is 5.95 Å². The first-order chi connectivity index (χ1) is 12.2. The van der Waals surface area contributed by atoms with E-state index < -0.39 is 5.95 Å².